The number of carbonyl (C=O) groups excluding carboxylic acids is 1. The molecule has 32 heavy (non-hydrogen) atoms. The fourth-order valence-electron chi connectivity index (χ4n) is 3.72. The highest BCUT2D eigenvalue weighted by atomic mass is 35.5. The van der Waals surface area contributed by atoms with Crippen molar-refractivity contribution in [3.05, 3.63) is 53.1 Å². The summed E-state index contributed by atoms with van der Waals surface area (Å²) in [5.41, 5.74) is 0.746. The van der Waals surface area contributed by atoms with E-state index >= 15 is 0 Å². The summed E-state index contributed by atoms with van der Waals surface area (Å²) >= 11 is 5.66. The van der Waals surface area contributed by atoms with Gasteiger partial charge in [-0.3, -0.25) is 5.32 Å². The molecule has 1 aliphatic carbocycles. The number of carboxylic acids is 1. The van der Waals surface area contributed by atoms with Crippen LogP contribution in [-0.4, -0.2) is 37.0 Å². The number of carboxylic acid groups (broad SMARTS) is 1. The first-order chi connectivity index (χ1) is 15.3. The molecule has 0 aromatic heterocycles. The third-order valence-corrected chi connectivity index (χ3v) is 5.75. The Morgan fingerprint density at radius 3 is 2.31 bits per heavy atom. The van der Waals surface area contributed by atoms with Crippen molar-refractivity contribution in [2.24, 2.45) is 11.8 Å². The molecule has 0 atom stereocenters. The maximum atomic E-state index is 14.5. The Hall–Kier alpha value is -2.71. The smallest absolute Gasteiger partial charge is 0.411 e. The van der Waals surface area contributed by atoms with Crippen molar-refractivity contribution in [1.29, 1.82) is 0 Å². The predicted octanol–water partition coefficient (Wildman–Crippen LogP) is 5.74. The SMILES string of the molecule is O=C(O)COCC1CCC(COC(=O)Nc2ccc(-c3ccc(Cl)c(F)c3)c(F)c2)CC1. The molecule has 1 fully saturated rings. The van der Waals surface area contributed by atoms with E-state index in [9.17, 15) is 18.4 Å². The van der Waals surface area contributed by atoms with Gasteiger partial charge in [0, 0.05) is 11.3 Å². The zero-order valence-corrected chi connectivity index (χ0v) is 18.0. The zero-order chi connectivity index (χ0) is 23.1. The van der Waals surface area contributed by atoms with Crippen LogP contribution in [0.4, 0.5) is 19.3 Å². The van der Waals surface area contributed by atoms with Gasteiger partial charge in [0.25, 0.3) is 0 Å². The van der Waals surface area contributed by atoms with Gasteiger partial charge in [-0.25, -0.2) is 18.4 Å². The fourth-order valence-corrected chi connectivity index (χ4v) is 3.83. The normalized spacial score (nSPS) is 18.2. The molecule has 172 valence electrons. The standard InChI is InChI=1S/C23H24ClF2NO5/c24-19-8-5-16(9-21(19)26)18-7-6-17(10-20(18)25)27-23(30)32-12-15-3-1-14(2-4-15)11-31-13-22(28)29/h5-10,14-15H,1-4,11-13H2,(H,27,30)(H,28,29). The van der Waals surface area contributed by atoms with Crippen LogP contribution in [0.25, 0.3) is 11.1 Å². The van der Waals surface area contributed by atoms with Gasteiger partial charge in [0.1, 0.15) is 18.2 Å². The molecule has 2 N–H and O–H groups in total. The van der Waals surface area contributed by atoms with Gasteiger partial charge in [0.05, 0.1) is 18.2 Å². The Labute approximate surface area is 189 Å². The van der Waals surface area contributed by atoms with Crippen LogP contribution in [0.5, 0.6) is 0 Å². The highest BCUT2D eigenvalue weighted by molar-refractivity contribution is 6.30. The van der Waals surface area contributed by atoms with E-state index in [2.05, 4.69) is 5.32 Å². The summed E-state index contributed by atoms with van der Waals surface area (Å²) in [6, 6.07) is 8.11. The average Bonchev–Trinajstić information content (AvgIpc) is 2.75. The van der Waals surface area contributed by atoms with Crippen LogP contribution in [0.2, 0.25) is 5.02 Å². The van der Waals surface area contributed by atoms with Gasteiger partial charge < -0.3 is 14.6 Å². The number of benzene rings is 2. The molecular formula is C23H24ClF2NO5. The number of aliphatic carboxylic acids is 1. The molecule has 3 rings (SSSR count). The van der Waals surface area contributed by atoms with Crippen LogP contribution in [0.15, 0.2) is 36.4 Å². The third kappa shape index (κ3) is 6.90. The van der Waals surface area contributed by atoms with Crippen molar-refractivity contribution >= 4 is 29.4 Å². The minimum absolute atomic E-state index is 0.0461. The molecule has 2 aromatic rings. The molecule has 1 saturated carbocycles. The average molecular weight is 468 g/mol. The van der Waals surface area contributed by atoms with Crippen molar-refractivity contribution in [2.75, 3.05) is 25.1 Å². The number of amides is 1. The number of hydrogen-bond donors (Lipinski definition) is 2. The summed E-state index contributed by atoms with van der Waals surface area (Å²) in [5.74, 6) is -1.71. The summed E-state index contributed by atoms with van der Waals surface area (Å²) in [6.45, 7) is 0.380. The lowest BCUT2D eigenvalue weighted by molar-refractivity contribution is -0.142. The van der Waals surface area contributed by atoms with E-state index in [-0.39, 0.29) is 35.4 Å². The monoisotopic (exact) mass is 467 g/mol. The molecule has 0 heterocycles. The van der Waals surface area contributed by atoms with Crippen molar-refractivity contribution in [2.45, 2.75) is 25.7 Å². The lowest BCUT2D eigenvalue weighted by Gasteiger charge is -2.27. The minimum Gasteiger partial charge on any atom is -0.480 e. The Balaban J connectivity index is 1.44. The summed E-state index contributed by atoms with van der Waals surface area (Å²) in [5, 5.41) is 11.0. The number of hydrogen-bond acceptors (Lipinski definition) is 4. The molecule has 0 spiro atoms. The number of halogens is 3. The Morgan fingerprint density at radius 2 is 1.69 bits per heavy atom. The van der Waals surface area contributed by atoms with Crippen LogP contribution >= 0.6 is 11.6 Å². The second-order valence-electron chi connectivity index (χ2n) is 7.84. The van der Waals surface area contributed by atoms with Crippen LogP contribution in [0.1, 0.15) is 25.7 Å². The second kappa shape index (κ2) is 11.2. The van der Waals surface area contributed by atoms with Crippen molar-refractivity contribution < 1.29 is 33.0 Å². The van der Waals surface area contributed by atoms with Gasteiger partial charge in [-0.15, -0.1) is 0 Å². The second-order valence-corrected chi connectivity index (χ2v) is 8.25. The molecule has 0 saturated heterocycles. The van der Waals surface area contributed by atoms with Gasteiger partial charge in [-0.2, -0.15) is 0 Å². The number of ether oxygens (including phenoxy) is 2. The fraction of sp³-hybridized carbons (Fsp3) is 0.391. The molecule has 0 radical (unpaired) electrons. The topological polar surface area (TPSA) is 84.9 Å². The van der Waals surface area contributed by atoms with Crippen molar-refractivity contribution in [3.8, 4) is 11.1 Å². The van der Waals surface area contributed by atoms with E-state index in [0.717, 1.165) is 37.8 Å². The number of rotatable bonds is 8. The van der Waals surface area contributed by atoms with Gasteiger partial charge in [-0.1, -0.05) is 17.7 Å². The molecule has 0 unspecified atom stereocenters. The summed E-state index contributed by atoms with van der Waals surface area (Å²) in [7, 11) is 0. The maximum Gasteiger partial charge on any atom is 0.411 e. The largest absolute Gasteiger partial charge is 0.480 e. The number of anilines is 1. The predicted molar refractivity (Wildman–Crippen MR) is 116 cm³/mol. The van der Waals surface area contributed by atoms with Crippen molar-refractivity contribution in [3.63, 3.8) is 0 Å². The van der Waals surface area contributed by atoms with Crippen LogP contribution < -0.4 is 5.32 Å². The molecule has 1 amide bonds. The summed E-state index contributed by atoms with van der Waals surface area (Å²) in [4.78, 5) is 22.6. The van der Waals surface area contributed by atoms with Crippen LogP contribution in [0.3, 0.4) is 0 Å². The van der Waals surface area contributed by atoms with E-state index < -0.39 is 23.7 Å². The van der Waals surface area contributed by atoms with E-state index in [0.29, 0.717) is 18.1 Å². The Bertz CT molecular complexity index is 963. The zero-order valence-electron chi connectivity index (χ0n) is 17.3. The highest BCUT2D eigenvalue weighted by Gasteiger charge is 2.23. The van der Waals surface area contributed by atoms with E-state index in [1.807, 2.05) is 0 Å². The van der Waals surface area contributed by atoms with Gasteiger partial charge in [0.15, 0.2) is 0 Å². The molecule has 6 nitrogen and oxygen atoms in total. The van der Waals surface area contributed by atoms with E-state index in [1.54, 1.807) is 0 Å². The summed E-state index contributed by atoms with van der Waals surface area (Å²) < 4.78 is 38.5. The summed E-state index contributed by atoms with van der Waals surface area (Å²) in [6.07, 6.45) is 2.80. The molecule has 2 aromatic carbocycles. The van der Waals surface area contributed by atoms with E-state index in [4.69, 9.17) is 26.2 Å². The lowest BCUT2D eigenvalue weighted by atomic mass is 9.83. The van der Waals surface area contributed by atoms with E-state index in [1.165, 1.54) is 24.3 Å². The molecular weight excluding hydrogens is 444 g/mol. The number of carbonyl (C=O) groups is 2. The van der Waals surface area contributed by atoms with Gasteiger partial charge in [0.2, 0.25) is 0 Å². The first-order valence-electron chi connectivity index (χ1n) is 10.3. The lowest BCUT2D eigenvalue weighted by Crippen LogP contribution is -2.25. The van der Waals surface area contributed by atoms with Crippen LogP contribution in [-0.2, 0) is 14.3 Å². The molecule has 9 heteroatoms. The molecule has 0 bridgehead atoms. The molecule has 1 aliphatic rings. The Morgan fingerprint density at radius 1 is 1.00 bits per heavy atom. The first-order valence-corrected chi connectivity index (χ1v) is 10.7. The van der Waals surface area contributed by atoms with Crippen LogP contribution in [0, 0.1) is 23.5 Å². The maximum absolute atomic E-state index is 14.5. The van der Waals surface area contributed by atoms with Gasteiger partial charge in [-0.05, 0) is 73.4 Å². The number of nitrogens with one attached hydrogen (secondary N) is 1. The highest BCUT2D eigenvalue weighted by Crippen LogP contribution is 2.30. The Kier molecular flexibility index (Phi) is 8.41. The quantitative estimate of drug-likeness (QED) is 0.517. The minimum atomic E-state index is -0.980. The third-order valence-electron chi connectivity index (χ3n) is 5.44. The molecule has 0 aliphatic heterocycles. The van der Waals surface area contributed by atoms with Crippen molar-refractivity contribution in [1.82, 2.24) is 0 Å². The first kappa shape index (κ1) is 23.9. The van der Waals surface area contributed by atoms with Gasteiger partial charge >= 0.3 is 12.1 Å².